The first-order valence-electron chi connectivity index (χ1n) is 3.96. The number of hydrogen-bond donors (Lipinski definition) is 4. The van der Waals surface area contributed by atoms with E-state index < -0.39 is 37.3 Å². The minimum Gasteiger partial charge on any atom is -0.396 e. The maximum absolute atomic E-state index is 9.33. The molecule has 8 nitrogen and oxygen atoms in total. The minimum absolute atomic E-state index is 0.536. The van der Waals surface area contributed by atoms with Crippen LogP contribution in [0.2, 0.25) is 0 Å². The normalized spacial score (nSPS) is 39.1. The van der Waals surface area contributed by atoms with Gasteiger partial charge in [-0.3, -0.25) is 0 Å². The van der Waals surface area contributed by atoms with Crippen LogP contribution in [-0.4, -0.2) is 57.7 Å². The van der Waals surface area contributed by atoms with E-state index in [4.69, 9.17) is 25.6 Å². The highest BCUT2D eigenvalue weighted by molar-refractivity contribution is 4.93. The van der Waals surface area contributed by atoms with E-state index in [1.54, 1.807) is 0 Å². The zero-order valence-corrected chi connectivity index (χ0v) is 7.13. The van der Waals surface area contributed by atoms with Crippen molar-refractivity contribution < 1.29 is 25.2 Å². The number of ether oxygens (including phenoxy) is 1. The molecule has 0 aromatic rings. The summed E-state index contributed by atoms with van der Waals surface area (Å²) in [5.41, 5.74) is 8.13. The largest absolute Gasteiger partial charge is 0.396 e. The molecule has 1 aliphatic rings. The second kappa shape index (κ2) is 4.56. The van der Waals surface area contributed by atoms with Gasteiger partial charge in [0.25, 0.3) is 0 Å². The Balaban J connectivity index is 2.73. The van der Waals surface area contributed by atoms with Crippen molar-refractivity contribution in [1.29, 1.82) is 0 Å². The number of rotatable bonds is 3. The van der Waals surface area contributed by atoms with Gasteiger partial charge in [-0.2, -0.15) is 0 Å². The number of nitrogens with zero attached hydrogens (tertiary/aromatic N) is 3. The molecule has 80 valence electrons. The molecule has 1 fully saturated rings. The maximum Gasteiger partial charge on any atom is 0.183 e. The van der Waals surface area contributed by atoms with E-state index in [2.05, 4.69) is 10.0 Å². The molecule has 0 unspecified atom stereocenters. The Hall–Kier alpha value is -0.890. The molecule has 0 saturated carbocycles. The summed E-state index contributed by atoms with van der Waals surface area (Å²) < 4.78 is 4.72. The molecular weight excluding hydrogens is 194 g/mol. The quantitative estimate of drug-likeness (QED) is 0.242. The predicted molar refractivity (Wildman–Crippen MR) is 42.9 cm³/mol. The highest BCUT2D eigenvalue weighted by Gasteiger charge is 2.45. The van der Waals surface area contributed by atoms with Crippen LogP contribution in [0.3, 0.4) is 0 Å². The second-order valence-corrected chi connectivity index (χ2v) is 2.93. The van der Waals surface area contributed by atoms with Crippen LogP contribution in [0.15, 0.2) is 5.11 Å². The first kappa shape index (κ1) is 11.2. The Morgan fingerprint density at radius 2 is 2.00 bits per heavy atom. The summed E-state index contributed by atoms with van der Waals surface area (Å²) in [6.07, 6.45) is -5.46. The van der Waals surface area contributed by atoms with Crippen molar-refractivity contribution in [3.8, 4) is 0 Å². The van der Waals surface area contributed by atoms with Gasteiger partial charge in [0.1, 0.15) is 18.3 Å². The third-order valence-corrected chi connectivity index (χ3v) is 2.04. The molecule has 0 amide bonds. The SMILES string of the molecule is [N-]=[N+]=N[C@H](CO)[C@H]1O[C@H](O)[C@H](O)[C@H]1O. The first-order chi connectivity index (χ1) is 6.61. The molecule has 0 aromatic carbocycles. The molecular formula is C6H11N3O5. The van der Waals surface area contributed by atoms with Gasteiger partial charge in [0, 0.05) is 4.91 Å². The van der Waals surface area contributed by atoms with E-state index in [-0.39, 0.29) is 0 Å². The molecule has 5 atom stereocenters. The highest BCUT2D eigenvalue weighted by atomic mass is 16.6. The van der Waals surface area contributed by atoms with Crippen LogP contribution >= 0.6 is 0 Å². The summed E-state index contributed by atoms with van der Waals surface area (Å²) in [5.74, 6) is 0. The second-order valence-electron chi connectivity index (χ2n) is 2.93. The molecule has 0 spiro atoms. The van der Waals surface area contributed by atoms with E-state index in [1.165, 1.54) is 0 Å². The molecule has 1 aliphatic heterocycles. The molecule has 0 radical (unpaired) electrons. The van der Waals surface area contributed by atoms with Gasteiger partial charge in [0.2, 0.25) is 0 Å². The lowest BCUT2D eigenvalue weighted by molar-refractivity contribution is -0.131. The lowest BCUT2D eigenvalue weighted by Gasteiger charge is -2.18. The van der Waals surface area contributed by atoms with Crippen LogP contribution in [0.5, 0.6) is 0 Å². The Bertz CT molecular complexity index is 244. The first-order valence-corrected chi connectivity index (χ1v) is 3.96. The van der Waals surface area contributed by atoms with Crippen molar-refractivity contribution >= 4 is 0 Å². The van der Waals surface area contributed by atoms with Crippen molar-refractivity contribution in [2.75, 3.05) is 6.61 Å². The summed E-state index contributed by atoms with van der Waals surface area (Å²) in [6, 6.07) is -1.03. The fourth-order valence-electron chi connectivity index (χ4n) is 1.28. The fraction of sp³-hybridized carbons (Fsp3) is 1.00. The molecule has 1 rings (SSSR count). The average molecular weight is 205 g/mol. The smallest absolute Gasteiger partial charge is 0.183 e. The Morgan fingerprint density at radius 3 is 2.36 bits per heavy atom. The van der Waals surface area contributed by atoms with Crippen molar-refractivity contribution in [2.24, 2.45) is 5.11 Å². The highest BCUT2D eigenvalue weighted by Crippen LogP contribution is 2.23. The van der Waals surface area contributed by atoms with Gasteiger partial charge in [-0.1, -0.05) is 5.11 Å². The lowest BCUT2D eigenvalue weighted by atomic mass is 10.1. The van der Waals surface area contributed by atoms with E-state index in [0.717, 1.165) is 0 Å². The lowest BCUT2D eigenvalue weighted by Crippen LogP contribution is -2.39. The number of aliphatic hydroxyl groups excluding tert-OH is 4. The van der Waals surface area contributed by atoms with Gasteiger partial charge in [-0.25, -0.2) is 0 Å². The molecule has 1 saturated heterocycles. The standard InChI is InChI=1S/C6H11N3O5/c7-9-8-2(1-10)5-3(11)4(12)6(13)14-5/h2-6,10-13H,1H2/t2-,3-,4-,5-,6+/m1/s1. The molecule has 4 N–H and O–H groups in total. The molecule has 14 heavy (non-hydrogen) atoms. The Kier molecular flexibility index (Phi) is 3.64. The summed E-state index contributed by atoms with van der Waals surface area (Å²) in [7, 11) is 0. The molecule has 0 bridgehead atoms. The van der Waals surface area contributed by atoms with E-state index >= 15 is 0 Å². The topological polar surface area (TPSA) is 139 Å². The van der Waals surface area contributed by atoms with Crippen LogP contribution < -0.4 is 0 Å². The van der Waals surface area contributed by atoms with Gasteiger partial charge < -0.3 is 25.2 Å². The monoisotopic (exact) mass is 205 g/mol. The zero-order chi connectivity index (χ0) is 10.7. The number of hydrogen-bond acceptors (Lipinski definition) is 6. The Morgan fingerprint density at radius 1 is 1.36 bits per heavy atom. The van der Waals surface area contributed by atoms with Gasteiger partial charge in [0.05, 0.1) is 12.6 Å². The van der Waals surface area contributed by atoms with Gasteiger partial charge in [-0.05, 0) is 5.53 Å². The van der Waals surface area contributed by atoms with Crippen molar-refractivity contribution in [2.45, 2.75) is 30.6 Å². The summed E-state index contributed by atoms with van der Waals surface area (Å²) in [6.45, 7) is -0.536. The number of aliphatic hydroxyl groups is 4. The summed E-state index contributed by atoms with van der Waals surface area (Å²) in [4.78, 5) is 2.45. The average Bonchev–Trinajstić information content (AvgIpc) is 2.42. The van der Waals surface area contributed by atoms with Crippen molar-refractivity contribution in [1.82, 2.24) is 0 Å². The zero-order valence-electron chi connectivity index (χ0n) is 7.13. The number of azide groups is 1. The van der Waals surface area contributed by atoms with Crippen molar-refractivity contribution in [3.63, 3.8) is 0 Å². The molecule has 0 aromatic heterocycles. The summed E-state index contributed by atoms with van der Waals surface area (Å²) >= 11 is 0. The van der Waals surface area contributed by atoms with Crippen LogP contribution in [-0.2, 0) is 4.74 Å². The minimum atomic E-state index is -1.53. The third kappa shape index (κ3) is 1.95. The van der Waals surface area contributed by atoms with Gasteiger partial charge in [-0.15, -0.1) is 0 Å². The van der Waals surface area contributed by atoms with Crippen LogP contribution in [0, 0.1) is 0 Å². The van der Waals surface area contributed by atoms with E-state index in [9.17, 15) is 5.11 Å². The van der Waals surface area contributed by atoms with E-state index in [0.29, 0.717) is 0 Å². The molecule has 8 heteroatoms. The van der Waals surface area contributed by atoms with Crippen LogP contribution in [0.4, 0.5) is 0 Å². The summed E-state index contributed by atoms with van der Waals surface area (Å²) in [5, 5.41) is 39.4. The molecule has 1 heterocycles. The third-order valence-electron chi connectivity index (χ3n) is 2.04. The molecule has 0 aliphatic carbocycles. The van der Waals surface area contributed by atoms with Crippen LogP contribution in [0.1, 0.15) is 0 Å². The van der Waals surface area contributed by atoms with Gasteiger partial charge in [0.15, 0.2) is 6.29 Å². The van der Waals surface area contributed by atoms with Crippen molar-refractivity contribution in [3.05, 3.63) is 10.4 Å². The Labute approximate surface area is 79.0 Å². The van der Waals surface area contributed by atoms with Crippen LogP contribution in [0.25, 0.3) is 10.4 Å². The van der Waals surface area contributed by atoms with E-state index in [1.807, 2.05) is 0 Å². The maximum atomic E-state index is 9.33. The predicted octanol–water partition coefficient (Wildman–Crippen LogP) is -1.90. The van der Waals surface area contributed by atoms with Gasteiger partial charge >= 0.3 is 0 Å². The fourth-order valence-corrected chi connectivity index (χ4v) is 1.28.